The van der Waals surface area contributed by atoms with Crippen LogP contribution in [-0.2, 0) is 11.8 Å². The minimum Gasteiger partial charge on any atom is -0.355 e. The molecule has 4 nitrogen and oxygen atoms in total. The summed E-state index contributed by atoms with van der Waals surface area (Å²) in [5.41, 5.74) is 4.81. The molecule has 0 radical (unpaired) electrons. The van der Waals surface area contributed by atoms with Gasteiger partial charge in [-0.2, -0.15) is 0 Å². The van der Waals surface area contributed by atoms with Gasteiger partial charge in [-0.05, 0) is 38.2 Å². The molecular weight excluding hydrogens is 334 g/mol. The molecule has 3 aromatic rings. The summed E-state index contributed by atoms with van der Waals surface area (Å²) in [7, 11) is 6.09. The summed E-state index contributed by atoms with van der Waals surface area (Å²) in [6.07, 6.45) is 2.62. The highest BCUT2D eigenvalue weighted by Gasteiger charge is 2.22. The molecule has 0 spiro atoms. The van der Waals surface area contributed by atoms with E-state index in [0.717, 1.165) is 6.54 Å². The number of hydrogen-bond acceptors (Lipinski definition) is 2. The number of para-hydroxylation sites is 1. The number of likely N-dealkylation sites (N-methyl/N-ethyl adjacent to an activating group) is 1. The van der Waals surface area contributed by atoms with E-state index in [1.807, 2.05) is 14.1 Å². The Labute approximate surface area is 161 Å². The van der Waals surface area contributed by atoms with Crippen LogP contribution in [0.25, 0.3) is 10.9 Å². The van der Waals surface area contributed by atoms with Gasteiger partial charge in [-0.1, -0.05) is 48.0 Å². The van der Waals surface area contributed by atoms with Crippen molar-refractivity contribution in [2.24, 2.45) is 7.05 Å². The molecule has 0 aliphatic carbocycles. The quantitative estimate of drug-likeness (QED) is 0.695. The topological polar surface area (TPSA) is 37.3 Å². The van der Waals surface area contributed by atoms with Gasteiger partial charge in [-0.25, -0.2) is 0 Å². The fraction of sp³-hybridized carbons (Fsp3) is 0.348. The molecule has 0 unspecified atom stereocenters. The number of carbonyl (C=O) groups excluding carboxylic acids is 1. The van der Waals surface area contributed by atoms with Gasteiger partial charge >= 0.3 is 0 Å². The zero-order valence-corrected chi connectivity index (χ0v) is 16.7. The van der Waals surface area contributed by atoms with E-state index in [-0.39, 0.29) is 11.8 Å². The van der Waals surface area contributed by atoms with E-state index in [1.54, 1.807) is 0 Å². The van der Waals surface area contributed by atoms with Crippen LogP contribution >= 0.6 is 0 Å². The van der Waals surface area contributed by atoms with Crippen LogP contribution in [0.3, 0.4) is 0 Å². The third-order valence-electron chi connectivity index (χ3n) is 5.05. The van der Waals surface area contributed by atoms with E-state index in [9.17, 15) is 4.79 Å². The smallest absolute Gasteiger partial charge is 0.220 e. The van der Waals surface area contributed by atoms with Crippen molar-refractivity contribution in [3.05, 3.63) is 71.4 Å². The Balaban J connectivity index is 1.92. The summed E-state index contributed by atoms with van der Waals surface area (Å²) in [4.78, 5) is 14.7. The van der Waals surface area contributed by atoms with Gasteiger partial charge in [0.1, 0.15) is 0 Å². The first kappa shape index (κ1) is 19.2. The largest absolute Gasteiger partial charge is 0.355 e. The van der Waals surface area contributed by atoms with Gasteiger partial charge in [0.25, 0.3) is 0 Å². The fourth-order valence-electron chi connectivity index (χ4n) is 3.53. The van der Waals surface area contributed by atoms with Gasteiger partial charge < -0.3 is 14.8 Å². The Morgan fingerprint density at radius 2 is 1.81 bits per heavy atom. The highest BCUT2D eigenvalue weighted by molar-refractivity contribution is 5.86. The SMILES string of the molecule is Cc1ccc([C@H](CC(=O)NCCN(C)C)c2cn(C)c3ccccc23)cc1. The van der Waals surface area contributed by atoms with Crippen molar-refractivity contribution in [1.82, 2.24) is 14.8 Å². The first-order valence-corrected chi connectivity index (χ1v) is 9.47. The molecule has 1 atom stereocenters. The van der Waals surface area contributed by atoms with Crippen LogP contribution in [0.2, 0.25) is 0 Å². The number of amides is 1. The Hall–Kier alpha value is -2.59. The highest BCUT2D eigenvalue weighted by Crippen LogP contribution is 2.34. The zero-order valence-electron chi connectivity index (χ0n) is 16.7. The molecule has 142 valence electrons. The molecule has 1 N–H and O–H groups in total. The maximum atomic E-state index is 12.7. The first-order chi connectivity index (χ1) is 13.0. The van der Waals surface area contributed by atoms with Crippen molar-refractivity contribution in [1.29, 1.82) is 0 Å². The normalized spacial score (nSPS) is 12.5. The second-order valence-electron chi connectivity index (χ2n) is 7.53. The van der Waals surface area contributed by atoms with E-state index in [2.05, 4.69) is 83.5 Å². The summed E-state index contributed by atoms with van der Waals surface area (Å²) in [5.74, 6) is 0.131. The van der Waals surface area contributed by atoms with E-state index in [0.29, 0.717) is 13.0 Å². The number of fused-ring (bicyclic) bond motifs is 1. The molecule has 1 heterocycles. The minimum atomic E-state index is 0.0380. The molecule has 1 aromatic heterocycles. The first-order valence-electron chi connectivity index (χ1n) is 9.47. The van der Waals surface area contributed by atoms with Gasteiger partial charge in [0.05, 0.1) is 0 Å². The van der Waals surface area contributed by atoms with Gasteiger partial charge in [0, 0.05) is 49.6 Å². The molecule has 4 heteroatoms. The molecular formula is C23H29N3O. The van der Waals surface area contributed by atoms with Crippen molar-refractivity contribution < 1.29 is 4.79 Å². The van der Waals surface area contributed by atoms with Crippen LogP contribution in [0.5, 0.6) is 0 Å². The zero-order chi connectivity index (χ0) is 19.4. The lowest BCUT2D eigenvalue weighted by Gasteiger charge is -2.18. The van der Waals surface area contributed by atoms with Crippen LogP contribution < -0.4 is 5.32 Å². The van der Waals surface area contributed by atoms with Crippen LogP contribution in [0, 0.1) is 6.92 Å². The van der Waals surface area contributed by atoms with Crippen molar-refractivity contribution in [3.8, 4) is 0 Å². The molecule has 0 saturated carbocycles. The van der Waals surface area contributed by atoms with Crippen molar-refractivity contribution in [2.75, 3.05) is 27.2 Å². The fourth-order valence-corrected chi connectivity index (χ4v) is 3.53. The van der Waals surface area contributed by atoms with Crippen molar-refractivity contribution in [2.45, 2.75) is 19.3 Å². The maximum Gasteiger partial charge on any atom is 0.220 e. The molecule has 1 amide bonds. The van der Waals surface area contributed by atoms with Gasteiger partial charge in [0.15, 0.2) is 0 Å². The molecule has 2 aromatic carbocycles. The van der Waals surface area contributed by atoms with Gasteiger partial charge in [0.2, 0.25) is 5.91 Å². The number of benzene rings is 2. The van der Waals surface area contributed by atoms with Crippen LogP contribution in [0.4, 0.5) is 0 Å². The predicted octanol–water partition coefficient (Wildman–Crippen LogP) is 3.69. The third kappa shape index (κ3) is 4.58. The summed E-state index contributed by atoms with van der Waals surface area (Å²) >= 11 is 0. The predicted molar refractivity (Wildman–Crippen MR) is 112 cm³/mol. The van der Waals surface area contributed by atoms with Crippen LogP contribution in [0.15, 0.2) is 54.7 Å². The van der Waals surface area contributed by atoms with Crippen molar-refractivity contribution >= 4 is 16.8 Å². The molecule has 3 rings (SSSR count). The molecule has 0 aliphatic rings. The molecule has 0 fully saturated rings. The standard InChI is InChI=1S/C23H29N3O/c1-17-9-11-18(12-10-17)20(15-23(27)24-13-14-25(2)3)21-16-26(4)22-8-6-5-7-19(21)22/h5-12,16,20H,13-15H2,1-4H3,(H,24,27)/t20-/m0/s1. The van der Waals surface area contributed by atoms with E-state index < -0.39 is 0 Å². The minimum absolute atomic E-state index is 0.0380. The number of nitrogens with one attached hydrogen (secondary N) is 1. The molecule has 27 heavy (non-hydrogen) atoms. The lowest BCUT2D eigenvalue weighted by atomic mass is 9.87. The third-order valence-corrected chi connectivity index (χ3v) is 5.05. The second-order valence-corrected chi connectivity index (χ2v) is 7.53. The Morgan fingerprint density at radius 1 is 1.11 bits per heavy atom. The summed E-state index contributed by atoms with van der Waals surface area (Å²) in [6, 6.07) is 16.9. The Bertz CT molecular complexity index is 909. The Morgan fingerprint density at radius 3 is 2.52 bits per heavy atom. The average molecular weight is 364 g/mol. The molecule has 0 bridgehead atoms. The Kier molecular flexibility index (Phi) is 5.97. The summed E-state index contributed by atoms with van der Waals surface area (Å²) in [6.45, 7) is 3.60. The lowest BCUT2D eigenvalue weighted by molar-refractivity contribution is -0.121. The maximum absolute atomic E-state index is 12.7. The summed E-state index contributed by atoms with van der Waals surface area (Å²) < 4.78 is 2.15. The molecule has 0 aliphatic heterocycles. The number of aryl methyl sites for hydroxylation is 2. The summed E-state index contributed by atoms with van der Waals surface area (Å²) in [5, 5.41) is 4.28. The monoisotopic (exact) mass is 363 g/mol. The van der Waals surface area contributed by atoms with E-state index in [1.165, 1.54) is 27.6 Å². The van der Waals surface area contributed by atoms with E-state index >= 15 is 0 Å². The highest BCUT2D eigenvalue weighted by atomic mass is 16.1. The number of hydrogen-bond donors (Lipinski definition) is 1. The van der Waals surface area contributed by atoms with Crippen molar-refractivity contribution in [3.63, 3.8) is 0 Å². The lowest BCUT2D eigenvalue weighted by Crippen LogP contribution is -2.32. The van der Waals surface area contributed by atoms with Crippen LogP contribution in [-0.4, -0.2) is 42.6 Å². The number of nitrogens with zero attached hydrogens (tertiary/aromatic N) is 2. The molecule has 0 saturated heterocycles. The van der Waals surface area contributed by atoms with Gasteiger partial charge in [-0.15, -0.1) is 0 Å². The van der Waals surface area contributed by atoms with Gasteiger partial charge in [-0.3, -0.25) is 4.79 Å². The van der Waals surface area contributed by atoms with E-state index in [4.69, 9.17) is 0 Å². The number of rotatable bonds is 7. The number of aromatic nitrogens is 1. The van der Waals surface area contributed by atoms with Crippen LogP contribution in [0.1, 0.15) is 29.0 Å². The number of carbonyl (C=O) groups is 1. The second kappa shape index (κ2) is 8.40. The average Bonchev–Trinajstić information content (AvgIpc) is 2.97.